The van der Waals surface area contributed by atoms with Crippen LogP contribution in [0.2, 0.25) is 0 Å². The summed E-state index contributed by atoms with van der Waals surface area (Å²) in [4.78, 5) is 12.6. The van der Waals surface area contributed by atoms with Crippen LogP contribution in [0.4, 0.5) is 5.69 Å². The highest BCUT2D eigenvalue weighted by molar-refractivity contribution is 5.95. The molecule has 0 spiro atoms. The molecule has 0 aliphatic carbocycles. The lowest BCUT2D eigenvalue weighted by Crippen LogP contribution is -2.33. The average Bonchev–Trinajstić information content (AvgIpc) is 2.56. The van der Waals surface area contributed by atoms with E-state index in [2.05, 4.69) is 17.6 Å². The van der Waals surface area contributed by atoms with Gasteiger partial charge in [-0.3, -0.25) is 4.79 Å². The van der Waals surface area contributed by atoms with Crippen molar-refractivity contribution in [1.29, 1.82) is 0 Å². The number of methoxy groups -OCH3 is 1. The minimum Gasteiger partial charge on any atom is -0.497 e. The number of rotatable bonds is 7. The molecule has 0 saturated heterocycles. The van der Waals surface area contributed by atoms with Crippen molar-refractivity contribution in [3.05, 3.63) is 60.2 Å². The molecule has 0 saturated carbocycles. The Morgan fingerprint density at radius 3 is 2.59 bits per heavy atom. The zero-order valence-corrected chi connectivity index (χ0v) is 13.0. The van der Waals surface area contributed by atoms with E-state index in [1.807, 2.05) is 48.5 Å². The first-order chi connectivity index (χ1) is 10.7. The van der Waals surface area contributed by atoms with Gasteiger partial charge in [0.05, 0.1) is 7.11 Å². The summed E-state index contributed by atoms with van der Waals surface area (Å²) in [6, 6.07) is 16.7. The maximum atomic E-state index is 12.6. The number of amides is 1. The molecule has 0 radical (unpaired) electrons. The van der Waals surface area contributed by atoms with Gasteiger partial charge in [0.25, 0.3) is 0 Å². The monoisotopic (exact) mass is 298 g/mol. The zero-order valence-electron chi connectivity index (χ0n) is 13.0. The Kier molecular flexibility index (Phi) is 5.98. The Balaban J connectivity index is 2.14. The van der Waals surface area contributed by atoms with Gasteiger partial charge in [0.1, 0.15) is 11.8 Å². The summed E-state index contributed by atoms with van der Waals surface area (Å²) in [6.45, 7) is 2.86. The molecule has 0 fully saturated rings. The first-order valence-corrected chi connectivity index (χ1v) is 7.48. The van der Waals surface area contributed by atoms with Crippen molar-refractivity contribution >= 4 is 11.6 Å². The molecule has 0 heterocycles. The standard InChI is InChI=1S/C18H22N2O2/c1-3-12-19-17(14-8-5-4-6-9-14)18(21)20-15-10-7-11-16(13-15)22-2/h4-11,13,17,19H,3,12H2,1-2H3,(H,20,21). The summed E-state index contributed by atoms with van der Waals surface area (Å²) < 4.78 is 5.18. The quantitative estimate of drug-likeness (QED) is 0.824. The first-order valence-electron chi connectivity index (χ1n) is 7.48. The predicted molar refractivity (Wildman–Crippen MR) is 89.1 cm³/mol. The molecule has 0 bridgehead atoms. The van der Waals surface area contributed by atoms with Crippen LogP contribution in [0.1, 0.15) is 24.9 Å². The van der Waals surface area contributed by atoms with Crippen LogP contribution >= 0.6 is 0 Å². The van der Waals surface area contributed by atoms with E-state index in [0.717, 1.165) is 30.0 Å². The third kappa shape index (κ3) is 4.33. The van der Waals surface area contributed by atoms with E-state index in [1.165, 1.54) is 0 Å². The second kappa shape index (κ2) is 8.20. The molecule has 116 valence electrons. The molecule has 0 aliphatic heterocycles. The van der Waals surface area contributed by atoms with Crippen molar-refractivity contribution in [2.75, 3.05) is 19.0 Å². The maximum Gasteiger partial charge on any atom is 0.246 e. The van der Waals surface area contributed by atoms with Gasteiger partial charge in [-0.15, -0.1) is 0 Å². The minimum absolute atomic E-state index is 0.0760. The zero-order chi connectivity index (χ0) is 15.8. The van der Waals surface area contributed by atoms with Crippen LogP contribution in [-0.2, 0) is 4.79 Å². The van der Waals surface area contributed by atoms with Gasteiger partial charge in [-0.05, 0) is 30.7 Å². The summed E-state index contributed by atoms with van der Waals surface area (Å²) in [5.41, 5.74) is 1.68. The molecule has 2 rings (SSSR count). The topological polar surface area (TPSA) is 50.4 Å². The van der Waals surface area contributed by atoms with Crippen molar-refractivity contribution in [1.82, 2.24) is 5.32 Å². The lowest BCUT2D eigenvalue weighted by atomic mass is 10.1. The Labute approximate surface area is 131 Å². The number of benzene rings is 2. The molecule has 2 N–H and O–H groups in total. The van der Waals surface area contributed by atoms with E-state index >= 15 is 0 Å². The summed E-state index contributed by atoms with van der Waals surface area (Å²) in [7, 11) is 1.61. The minimum atomic E-state index is -0.368. The predicted octanol–water partition coefficient (Wildman–Crippen LogP) is 3.37. The van der Waals surface area contributed by atoms with E-state index in [1.54, 1.807) is 13.2 Å². The lowest BCUT2D eigenvalue weighted by molar-refractivity contribution is -0.118. The van der Waals surface area contributed by atoms with E-state index in [4.69, 9.17) is 4.74 Å². The number of anilines is 1. The molecule has 4 heteroatoms. The molecule has 1 amide bonds. The third-order valence-corrected chi connectivity index (χ3v) is 3.33. The van der Waals surface area contributed by atoms with Gasteiger partial charge >= 0.3 is 0 Å². The van der Waals surface area contributed by atoms with Crippen molar-refractivity contribution in [3.8, 4) is 5.75 Å². The highest BCUT2D eigenvalue weighted by Crippen LogP contribution is 2.19. The van der Waals surface area contributed by atoms with Crippen LogP contribution in [0.3, 0.4) is 0 Å². The fourth-order valence-corrected chi connectivity index (χ4v) is 2.21. The van der Waals surface area contributed by atoms with Crippen LogP contribution in [0.5, 0.6) is 5.75 Å². The molecule has 1 atom stereocenters. The molecule has 2 aromatic carbocycles. The molecular weight excluding hydrogens is 276 g/mol. The second-order valence-electron chi connectivity index (χ2n) is 5.02. The SMILES string of the molecule is CCCNC(C(=O)Nc1cccc(OC)c1)c1ccccc1. The Hall–Kier alpha value is -2.33. The summed E-state index contributed by atoms with van der Waals surface area (Å²) in [5.74, 6) is 0.642. The van der Waals surface area contributed by atoms with Gasteiger partial charge in [-0.2, -0.15) is 0 Å². The van der Waals surface area contributed by atoms with Crippen LogP contribution in [0, 0.1) is 0 Å². The van der Waals surface area contributed by atoms with Gasteiger partial charge in [-0.1, -0.05) is 43.3 Å². The van der Waals surface area contributed by atoms with E-state index < -0.39 is 0 Å². The largest absolute Gasteiger partial charge is 0.497 e. The van der Waals surface area contributed by atoms with Gasteiger partial charge in [0.2, 0.25) is 5.91 Å². The van der Waals surface area contributed by atoms with E-state index in [-0.39, 0.29) is 11.9 Å². The molecular formula is C18H22N2O2. The van der Waals surface area contributed by atoms with Crippen LogP contribution in [-0.4, -0.2) is 19.6 Å². The Bertz CT molecular complexity index is 599. The molecule has 2 aromatic rings. The van der Waals surface area contributed by atoms with Gasteiger partial charge in [0, 0.05) is 11.8 Å². The number of ether oxygens (including phenoxy) is 1. The van der Waals surface area contributed by atoms with Crippen LogP contribution in [0.15, 0.2) is 54.6 Å². The van der Waals surface area contributed by atoms with Gasteiger partial charge in [0.15, 0.2) is 0 Å². The first kappa shape index (κ1) is 16.0. The molecule has 22 heavy (non-hydrogen) atoms. The normalized spacial score (nSPS) is 11.7. The molecule has 0 aliphatic rings. The second-order valence-corrected chi connectivity index (χ2v) is 5.02. The highest BCUT2D eigenvalue weighted by atomic mass is 16.5. The van der Waals surface area contributed by atoms with Gasteiger partial charge < -0.3 is 15.4 Å². The summed E-state index contributed by atoms with van der Waals surface area (Å²) in [6.07, 6.45) is 0.968. The average molecular weight is 298 g/mol. The van der Waals surface area contributed by atoms with Gasteiger partial charge in [-0.25, -0.2) is 0 Å². The van der Waals surface area contributed by atoms with Crippen molar-refractivity contribution in [3.63, 3.8) is 0 Å². The smallest absolute Gasteiger partial charge is 0.246 e. The molecule has 4 nitrogen and oxygen atoms in total. The van der Waals surface area contributed by atoms with E-state index in [9.17, 15) is 4.79 Å². The number of nitrogens with one attached hydrogen (secondary N) is 2. The summed E-state index contributed by atoms with van der Waals surface area (Å²) >= 11 is 0. The van der Waals surface area contributed by atoms with Crippen LogP contribution in [0.25, 0.3) is 0 Å². The number of carbonyl (C=O) groups is 1. The number of carbonyl (C=O) groups excluding carboxylic acids is 1. The Morgan fingerprint density at radius 2 is 1.91 bits per heavy atom. The van der Waals surface area contributed by atoms with Crippen LogP contribution < -0.4 is 15.4 Å². The Morgan fingerprint density at radius 1 is 1.14 bits per heavy atom. The number of hydrogen-bond donors (Lipinski definition) is 2. The lowest BCUT2D eigenvalue weighted by Gasteiger charge is -2.18. The fourth-order valence-electron chi connectivity index (χ4n) is 2.21. The number of hydrogen-bond acceptors (Lipinski definition) is 3. The molecule has 0 aromatic heterocycles. The fraction of sp³-hybridized carbons (Fsp3) is 0.278. The third-order valence-electron chi connectivity index (χ3n) is 3.33. The maximum absolute atomic E-state index is 12.6. The highest BCUT2D eigenvalue weighted by Gasteiger charge is 2.19. The van der Waals surface area contributed by atoms with Crippen molar-refractivity contribution < 1.29 is 9.53 Å². The van der Waals surface area contributed by atoms with Crippen molar-refractivity contribution in [2.45, 2.75) is 19.4 Å². The van der Waals surface area contributed by atoms with E-state index in [0.29, 0.717) is 0 Å². The summed E-state index contributed by atoms with van der Waals surface area (Å²) in [5, 5.41) is 6.23. The molecule has 1 unspecified atom stereocenters. The van der Waals surface area contributed by atoms with Crippen molar-refractivity contribution in [2.24, 2.45) is 0 Å².